The van der Waals surface area contributed by atoms with E-state index in [-0.39, 0.29) is 10.6 Å². The van der Waals surface area contributed by atoms with Crippen LogP contribution in [-0.4, -0.2) is 4.92 Å². The van der Waals surface area contributed by atoms with Gasteiger partial charge in [-0.3, -0.25) is 10.1 Å². The monoisotopic (exact) mass is 264 g/mol. The van der Waals surface area contributed by atoms with Gasteiger partial charge < -0.3 is 5.32 Å². The Hall–Kier alpha value is -2.88. The number of hydrogen-bond acceptors (Lipinski definition) is 3. The number of hydrogen-bond donors (Lipinski definition) is 1. The average molecular weight is 264 g/mol. The number of nitrogens with zero attached hydrogens (tertiary/aromatic N) is 1. The second kappa shape index (κ2) is 5.01. The Kier molecular flexibility index (Phi) is 3.05. The first-order valence-corrected chi connectivity index (χ1v) is 6.24. The first kappa shape index (κ1) is 12.2. The molecule has 0 atom stereocenters. The first-order valence-electron chi connectivity index (χ1n) is 6.24. The van der Waals surface area contributed by atoms with E-state index in [2.05, 4.69) is 5.32 Å². The van der Waals surface area contributed by atoms with Gasteiger partial charge in [0.25, 0.3) is 5.70 Å². The molecule has 0 spiro atoms. The summed E-state index contributed by atoms with van der Waals surface area (Å²) < 4.78 is 0. The lowest BCUT2D eigenvalue weighted by Gasteiger charge is -2.15. The summed E-state index contributed by atoms with van der Waals surface area (Å²) in [6.45, 7) is 0. The molecular formula is C16H12N2O2. The van der Waals surface area contributed by atoms with Crippen molar-refractivity contribution in [1.29, 1.82) is 0 Å². The van der Waals surface area contributed by atoms with Crippen molar-refractivity contribution in [2.75, 3.05) is 5.32 Å². The maximum atomic E-state index is 11.4. The molecule has 4 heteroatoms. The summed E-state index contributed by atoms with van der Waals surface area (Å²) >= 11 is 0. The molecule has 0 aromatic heterocycles. The van der Waals surface area contributed by atoms with Crippen LogP contribution in [0.4, 0.5) is 5.69 Å². The Morgan fingerprint density at radius 1 is 0.950 bits per heavy atom. The van der Waals surface area contributed by atoms with Crippen LogP contribution in [0.1, 0.15) is 11.1 Å². The maximum absolute atomic E-state index is 11.4. The molecule has 2 aromatic rings. The molecule has 0 unspecified atom stereocenters. The van der Waals surface area contributed by atoms with Crippen LogP contribution in [0.5, 0.6) is 0 Å². The molecule has 0 bridgehead atoms. The van der Waals surface area contributed by atoms with E-state index in [1.807, 2.05) is 36.4 Å². The zero-order chi connectivity index (χ0) is 13.9. The molecule has 1 heterocycles. The molecule has 0 aliphatic carbocycles. The maximum Gasteiger partial charge on any atom is 0.299 e. The summed E-state index contributed by atoms with van der Waals surface area (Å²) in [5, 5.41) is 14.5. The summed E-state index contributed by atoms with van der Waals surface area (Å²) in [6, 6.07) is 16.6. The Morgan fingerprint density at radius 2 is 1.65 bits per heavy atom. The van der Waals surface area contributed by atoms with Gasteiger partial charge in [0, 0.05) is 5.69 Å². The van der Waals surface area contributed by atoms with E-state index < -0.39 is 0 Å². The number of nitrogens with one attached hydrogen (secondary N) is 1. The highest BCUT2D eigenvalue weighted by atomic mass is 16.6. The van der Waals surface area contributed by atoms with Crippen LogP contribution in [0.3, 0.4) is 0 Å². The van der Waals surface area contributed by atoms with E-state index in [1.54, 1.807) is 30.3 Å². The summed E-state index contributed by atoms with van der Waals surface area (Å²) in [5.41, 5.74) is 3.06. The fourth-order valence-electron chi connectivity index (χ4n) is 2.21. The molecule has 4 nitrogen and oxygen atoms in total. The second-order valence-corrected chi connectivity index (χ2v) is 4.43. The molecule has 98 valence electrons. The average Bonchev–Trinajstić information content (AvgIpc) is 2.48. The summed E-state index contributed by atoms with van der Waals surface area (Å²) in [6.07, 6.45) is 3.63. The minimum absolute atomic E-state index is 0.0800. The van der Waals surface area contributed by atoms with Gasteiger partial charge in [-0.15, -0.1) is 0 Å². The van der Waals surface area contributed by atoms with Crippen LogP contribution in [0.2, 0.25) is 0 Å². The lowest BCUT2D eigenvalue weighted by atomic mass is 10.0. The van der Waals surface area contributed by atoms with Crippen molar-refractivity contribution >= 4 is 17.5 Å². The van der Waals surface area contributed by atoms with Crippen LogP contribution in [0, 0.1) is 10.1 Å². The number of anilines is 1. The number of para-hydroxylation sites is 1. The lowest BCUT2D eigenvalue weighted by Crippen LogP contribution is -2.10. The number of fused-ring (bicyclic) bond motifs is 1. The molecular weight excluding hydrogens is 252 g/mol. The molecule has 20 heavy (non-hydrogen) atoms. The van der Waals surface area contributed by atoms with Crippen molar-refractivity contribution in [3.05, 3.63) is 87.6 Å². The molecule has 0 saturated heterocycles. The minimum Gasteiger partial charge on any atom is -0.349 e. The molecule has 0 fully saturated rings. The third-order valence-electron chi connectivity index (χ3n) is 3.14. The van der Waals surface area contributed by atoms with Gasteiger partial charge in [0.2, 0.25) is 0 Å². The minimum atomic E-state index is -0.351. The van der Waals surface area contributed by atoms with Gasteiger partial charge in [-0.2, -0.15) is 0 Å². The van der Waals surface area contributed by atoms with E-state index in [0.717, 1.165) is 11.3 Å². The van der Waals surface area contributed by atoms with Crippen LogP contribution >= 0.6 is 0 Å². The Labute approximate surface area is 116 Å². The molecule has 0 radical (unpaired) electrons. The standard InChI is InChI=1S/C16H12N2O2/c19-18(20)16(13-7-2-1-3-8-13)15-11-10-12-6-4-5-9-14(12)17-15/h1-11,17H. The molecule has 0 amide bonds. The topological polar surface area (TPSA) is 55.2 Å². The quantitative estimate of drug-likeness (QED) is 0.663. The third kappa shape index (κ3) is 2.19. The molecule has 2 aromatic carbocycles. The van der Waals surface area contributed by atoms with E-state index in [4.69, 9.17) is 0 Å². The predicted octanol–water partition coefficient (Wildman–Crippen LogP) is 3.77. The zero-order valence-electron chi connectivity index (χ0n) is 10.6. The lowest BCUT2D eigenvalue weighted by molar-refractivity contribution is -0.376. The van der Waals surface area contributed by atoms with Gasteiger partial charge >= 0.3 is 0 Å². The normalized spacial score (nSPS) is 15.2. The number of nitro groups is 1. The molecule has 1 aliphatic rings. The van der Waals surface area contributed by atoms with Crippen molar-refractivity contribution in [3.63, 3.8) is 0 Å². The number of rotatable bonds is 2. The molecule has 1 N–H and O–H groups in total. The van der Waals surface area contributed by atoms with Crippen molar-refractivity contribution in [3.8, 4) is 0 Å². The highest BCUT2D eigenvalue weighted by Crippen LogP contribution is 2.28. The summed E-state index contributed by atoms with van der Waals surface area (Å²) in [7, 11) is 0. The first-order chi connectivity index (χ1) is 9.75. The van der Waals surface area contributed by atoms with E-state index >= 15 is 0 Å². The van der Waals surface area contributed by atoms with Crippen LogP contribution in [0.15, 0.2) is 66.4 Å². The highest BCUT2D eigenvalue weighted by Gasteiger charge is 2.21. The SMILES string of the molecule is O=[N+]([O-])C(=C1C=Cc2ccccc2N1)c1ccccc1. The number of allylic oxidation sites excluding steroid dienone is 1. The smallest absolute Gasteiger partial charge is 0.299 e. The summed E-state index contributed by atoms with van der Waals surface area (Å²) in [5.74, 6) is 0. The Balaban J connectivity index is 2.11. The number of benzene rings is 2. The van der Waals surface area contributed by atoms with Crippen molar-refractivity contribution < 1.29 is 4.92 Å². The van der Waals surface area contributed by atoms with Crippen molar-refractivity contribution in [2.24, 2.45) is 0 Å². The van der Waals surface area contributed by atoms with Gasteiger partial charge in [-0.25, -0.2) is 0 Å². The predicted molar refractivity (Wildman–Crippen MR) is 79.5 cm³/mol. The van der Waals surface area contributed by atoms with Gasteiger partial charge in [0.15, 0.2) is 0 Å². The van der Waals surface area contributed by atoms with E-state index in [1.165, 1.54) is 0 Å². The fraction of sp³-hybridized carbons (Fsp3) is 0. The second-order valence-electron chi connectivity index (χ2n) is 4.43. The van der Waals surface area contributed by atoms with Gasteiger partial charge in [-0.1, -0.05) is 42.5 Å². The van der Waals surface area contributed by atoms with Gasteiger partial charge in [0.1, 0.15) is 5.70 Å². The Morgan fingerprint density at radius 3 is 2.40 bits per heavy atom. The van der Waals surface area contributed by atoms with Crippen molar-refractivity contribution in [1.82, 2.24) is 0 Å². The van der Waals surface area contributed by atoms with E-state index in [9.17, 15) is 10.1 Å². The molecule has 3 rings (SSSR count). The molecule has 1 aliphatic heterocycles. The van der Waals surface area contributed by atoms with Crippen LogP contribution in [-0.2, 0) is 0 Å². The van der Waals surface area contributed by atoms with Crippen LogP contribution in [0.25, 0.3) is 11.8 Å². The van der Waals surface area contributed by atoms with E-state index in [0.29, 0.717) is 11.3 Å². The highest BCUT2D eigenvalue weighted by molar-refractivity contribution is 5.80. The Bertz CT molecular complexity index is 718. The third-order valence-corrected chi connectivity index (χ3v) is 3.14. The fourth-order valence-corrected chi connectivity index (χ4v) is 2.21. The zero-order valence-corrected chi connectivity index (χ0v) is 10.6. The van der Waals surface area contributed by atoms with Crippen molar-refractivity contribution in [2.45, 2.75) is 0 Å². The largest absolute Gasteiger partial charge is 0.349 e. The van der Waals surface area contributed by atoms with Gasteiger partial charge in [-0.05, 0) is 29.8 Å². The molecule has 0 saturated carbocycles. The summed E-state index contributed by atoms with van der Waals surface area (Å²) in [4.78, 5) is 11.0. The van der Waals surface area contributed by atoms with Crippen LogP contribution < -0.4 is 5.32 Å². The van der Waals surface area contributed by atoms with Gasteiger partial charge in [0.05, 0.1) is 10.5 Å².